The summed E-state index contributed by atoms with van der Waals surface area (Å²) in [5.41, 5.74) is 2.31. The summed E-state index contributed by atoms with van der Waals surface area (Å²) >= 11 is 5.81. The number of hydrogen-bond acceptors (Lipinski definition) is 5. The number of benzene rings is 3. The van der Waals surface area contributed by atoms with E-state index in [1.807, 2.05) is 12.1 Å². The second-order valence-electron chi connectivity index (χ2n) is 6.15. The van der Waals surface area contributed by atoms with Gasteiger partial charge in [-0.3, -0.25) is 14.9 Å². The first kappa shape index (κ1) is 20.2. The number of halogens is 1. The number of rotatable bonds is 8. The minimum Gasteiger partial charge on any atom is -0.484 e. The number of nitrogens with zero attached hydrogens (tertiary/aromatic N) is 1. The maximum absolute atomic E-state index is 11.9. The molecule has 1 amide bonds. The molecule has 8 heteroatoms. The van der Waals surface area contributed by atoms with Crippen molar-refractivity contribution in [3.05, 3.63) is 93.5 Å². The monoisotopic (exact) mass is 411 g/mol. The summed E-state index contributed by atoms with van der Waals surface area (Å²) in [5.74, 6) is 0.291. The van der Waals surface area contributed by atoms with E-state index in [-0.39, 0.29) is 18.2 Å². The Kier molecular flexibility index (Phi) is 6.65. The Balaban J connectivity index is 1.47. The van der Waals surface area contributed by atoms with Gasteiger partial charge in [-0.15, -0.1) is 0 Å². The van der Waals surface area contributed by atoms with Crippen LogP contribution < -0.4 is 15.4 Å². The van der Waals surface area contributed by atoms with E-state index in [0.29, 0.717) is 28.7 Å². The minimum atomic E-state index is -0.430. The molecule has 2 N–H and O–H groups in total. The molecule has 0 aliphatic heterocycles. The summed E-state index contributed by atoms with van der Waals surface area (Å²) in [5, 5.41) is 17.3. The number of anilines is 2. The van der Waals surface area contributed by atoms with Crippen molar-refractivity contribution in [1.82, 2.24) is 0 Å². The molecular formula is C21H18ClN3O4. The Morgan fingerprint density at radius 3 is 2.41 bits per heavy atom. The Morgan fingerprint density at radius 2 is 1.72 bits per heavy atom. The highest BCUT2D eigenvalue weighted by Gasteiger charge is 2.06. The maximum atomic E-state index is 11.9. The van der Waals surface area contributed by atoms with E-state index in [1.165, 1.54) is 12.1 Å². The van der Waals surface area contributed by atoms with Crippen molar-refractivity contribution in [2.24, 2.45) is 0 Å². The zero-order valence-corrected chi connectivity index (χ0v) is 16.1. The molecule has 29 heavy (non-hydrogen) atoms. The van der Waals surface area contributed by atoms with Crippen molar-refractivity contribution in [3.63, 3.8) is 0 Å². The van der Waals surface area contributed by atoms with E-state index in [9.17, 15) is 14.9 Å². The van der Waals surface area contributed by atoms with Crippen LogP contribution in [0, 0.1) is 10.1 Å². The van der Waals surface area contributed by atoms with E-state index < -0.39 is 4.92 Å². The summed E-state index contributed by atoms with van der Waals surface area (Å²) in [6.07, 6.45) is 0. The van der Waals surface area contributed by atoms with E-state index in [4.69, 9.17) is 16.3 Å². The molecule has 0 radical (unpaired) electrons. The molecule has 0 spiro atoms. The normalized spacial score (nSPS) is 10.2. The van der Waals surface area contributed by atoms with Gasteiger partial charge in [0.05, 0.1) is 4.92 Å². The average molecular weight is 412 g/mol. The van der Waals surface area contributed by atoms with Crippen LogP contribution in [-0.4, -0.2) is 17.4 Å². The quantitative estimate of drug-likeness (QED) is 0.407. The number of amides is 1. The van der Waals surface area contributed by atoms with Gasteiger partial charge < -0.3 is 15.4 Å². The molecule has 0 saturated carbocycles. The van der Waals surface area contributed by atoms with Gasteiger partial charge in [0.15, 0.2) is 6.61 Å². The lowest BCUT2D eigenvalue weighted by Gasteiger charge is -2.09. The SMILES string of the molecule is O=C(COc1ccc(CNc2cccc([N+](=O)[O-])c2)cc1)Nc1ccc(Cl)cc1. The standard InChI is InChI=1S/C21H18ClN3O4/c22-16-6-8-17(9-7-16)24-21(26)14-29-20-10-4-15(5-11-20)13-23-18-2-1-3-19(12-18)25(27)28/h1-12,23H,13-14H2,(H,24,26). The van der Waals surface area contributed by atoms with Crippen LogP contribution in [0.1, 0.15) is 5.56 Å². The smallest absolute Gasteiger partial charge is 0.271 e. The molecule has 148 valence electrons. The number of carbonyl (C=O) groups excluding carboxylic acids is 1. The molecule has 0 atom stereocenters. The molecule has 0 aliphatic rings. The van der Waals surface area contributed by atoms with Crippen LogP contribution in [0.3, 0.4) is 0 Å². The number of hydrogen-bond donors (Lipinski definition) is 2. The Hall–Kier alpha value is -3.58. The highest BCUT2D eigenvalue weighted by Crippen LogP contribution is 2.19. The van der Waals surface area contributed by atoms with Crippen LogP contribution in [0.2, 0.25) is 5.02 Å². The molecule has 0 unspecified atom stereocenters. The van der Waals surface area contributed by atoms with Crippen molar-refractivity contribution in [1.29, 1.82) is 0 Å². The molecule has 0 aliphatic carbocycles. The van der Waals surface area contributed by atoms with Crippen molar-refractivity contribution in [2.45, 2.75) is 6.54 Å². The van der Waals surface area contributed by atoms with Crippen molar-refractivity contribution >= 4 is 34.6 Å². The van der Waals surface area contributed by atoms with Crippen LogP contribution in [0.15, 0.2) is 72.8 Å². The van der Waals surface area contributed by atoms with Gasteiger partial charge in [0.25, 0.3) is 11.6 Å². The van der Waals surface area contributed by atoms with Gasteiger partial charge >= 0.3 is 0 Å². The fourth-order valence-electron chi connectivity index (χ4n) is 2.52. The molecule has 0 fully saturated rings. The second kappa shape index (κ2) is 9.57. The van der Waals surface area contributed by atoms with Crippen LogP contribution in [0.4, 0.5) is 17.1 Å². The lowest BCUT2D eigenvalue weighted by Crippen LogP contribution is -2.20. The lowest BCUT2D eigenvalue weighted by atomic mass is 10.2. The predicted octanol–water partition coefficient (Wildman–Crippen LogP) is 4.88. The van der Waals surface area contributed by atoms with Gasteiger partial charge in [-0.25, -0.2) is 0 Å². The predicted molar refractivity (Wildman–Crippen MR) is 112 cm³/mol. The molecule has 3 aromatic carbocycles. The first-order valence-corrected chi connectivity index (χ1v) is 9.13. The first-order valence-electron chi connectivity index (χ1n) is 8.75. The zero-order chi connectivity index (χ0) is 20.6. The number of non-ortho nitro benzene ring substituents is 1. The highest BCUT2D eigenvalue weighted by atomic mass is 35.5. The fraction of sp³-hybridized carbons (Fsp3) is 0.0952. The first-order chi connectivity index (χ1) is 14.0. The number of nitro groups is 1. The molecule has 0 heterocycles. The third kappa shape index (κ3) is 6.22. The maximum Gasteiger partial charge on any atom is 0.271 e. The summed E-state index contributed by atoms with van der Waals surface area (Å²) in [6.45, 7) is 0.381. The molecule has 3 aromatic rings. The third-order valence-electron chi connectivity index (χ3n) is 3.97. The summed E-state index contributed by atoms with van der Waals surface area (Å²) in [7, 11) is 0. The summed E-state index contributed by atoms with van der Waals surface area (Å²) in [4.78, 5) is 22.3. The molecule has 0 bridgehead atoms. The van der Waals surface area contributed by atoms with Crippen LogP contribution in [0.25, 0.3) is 0 Å². The molecule has 7 nitrogen and oxygen atoms in total. The number of nitrogens with one attached hydrogen (secondary N) is 2. The molecule has 3 rings (SSSR count). The molecule has 0 aromatic heterocycles. The van der Waals surface area contributed by atoms with Gasteiger partial charge in [0.2, 0.25) is 0 Å². The van der Waals surface area contributed by atoms with E-state index in [1.54, 1.807) is 48.5 Å². The Labute approximate surface area is 172 Å². The summed E-state index contributed by atoms with van der Waals surface area (Å²) < 4.78 is 5.49. The zero-order valence-electron chi connectivity index (χ0n) is 15.3. The summed E-state index contributed by atoms with van der Waals surface area (Å²) in [6, 6.07) is 20.4. The van der Waals surface area contributed by atoms with E-state index in [2.05, 4.69) is 10.6 Å². The van der Waals surface area contributed by atoms with Crippen LogP contribution in [-0.2, 0) is 11.3 Å². The Morgan fingerprint density at radius 1 is 1.00 bits per heavy atom. The van der Waals surface area contributed by atoms with Gasteiger partial charge in [0.1, 0.15) is 5.75 Å². The van der Waals surface area contributed by atoms with Crippen LogP contribution >= 0.6 is 11.6 Å². The van der Waals surface area contributed by atoms with Gasteiger partial charge in [-0.2, -0.15) is 0 Å². The number of ether oxygens (including phenoxy) is 1. The third-order valence-corrected chi connectivity index (χ3v) is 4.23. The van der Waals surface area contributed by atoms with E-state index >= 15 is 0 Å². The number of carbonyl (C=O) groups is 1. The number of nitro benzene ring substituents is 1. The van der Waals surface area contributed by atoms with Crippen molar-refractivity contribution in [3.8, 4) is 5.75 Å². The van der Waals surface area contributed by atoms with Crippen molar-refractivity contribution < 1.29 is 14.5 Å². The van der Waals surface area contributed by atoms with Gasteiger partial charge in [-0.1, -0.05) is 29.8 Å². The van der Waals surface area contributed by atoms with E-state index in [0.717, 1.165) is 5.56 Å². The van der Waals surface area contributed by atoms with Gasteiger partial charge in [0, 0.05) is 35.1 Å². The highest BCUT2D eigenvalue weighted by molar-refractivity contribution is 6.30. The minimum absolute atomic E-state index is 0.0376. The molecular weight excluding hydrogens is 394 g/mol. The Bertz CT molecular complexity index is 992. The van der Waals surface area contributed by atoms with Gasteiger partial charge in [-0.05, 0) is 48.0 Å². The van der Waals surface area contributed by atoms with Crippen LogP contribution in [0.5, 0.6) is 5.75 Å². The second-order valence-corrected chi connectivity index (χ2v) is 6.59. The van der Waals surface area contributed by atoms with Crippen molar-refractivity contribution in [2.75, 3.05) is 17.2 Å². The fourth-order valence-corrected chi connectivity index (χ4v) is 2.64. The topological polar surface area (TPSA) is 93.5 Å². The largest absolute Gasteiger partial charge is 0.484 e. The average Bonchev–Trinajstić information content (AvgIpc) is 2.73. The molecule has 0 saturated heterocycles. The lowest BCUT2D eigenvalue weighted by molar-refractivity contribution is -0.384.